The summed E-state index contributed by atoms with van der Waals surface area (Å²) in [6.45, 7) is 12.7. The van der Waals surface area contributed by atoms with Crippen molar-refractivity contribution < 1.29 is 23.5 Å². The number of anilines is 1. The van der Waals surface area contributed by atoms with Gasteiger partial charge in [-0.3, -0.25) is 4.79 Å². The van der Waals surface area contributed by atoms with Gasteiger partial charge in [0.25, 0.3) is 5.91 Å². The van der Waals surface area contributed by atoms with Gasteiger partial charge in [0, 0.05) is 43.7 Å². The number of rotatable bonds is 10. The zero-order chi connectivity index (χ0) is 30.0. The van der Waals surface area contributed by atoms with Gasteiger partial charge in [0.05, 0.1) is 11.8 Å². The Bertz CT molecular complexity index is 1260. The maximum atomic E-state index is 14.3. The van der Waals surface area contributed by atoms with Crippen LogP contribution in [0.25, 0.3) is 0 Å². The molecule has 42 heavy (non-hydrogen) atoms. The van der Waals surface area contributed by atoms with Gasteiger partial charge in [0.1, 0.15) is 24.0 Å². The van der Waals surface area contributed by atoms with E-state index in [4.69, 9.17) is 15.2 Å². The highest BCUT2D eigenvalue weighted by molar-refractivity contribution is 5.97. The Morgan fingerprint density at radius 1 is 1.07 bits per heavy atom. The van der Waals surface area contributed by atoms with Crippen LogP contribution < -0.4 is 15.4 Å². The third-order valence-corrected chi connectivity index (χ3v) is 8.80. The molecule has 11 heteroatoms. The van der Waals surface area contributed by atoms with Crippen LogP contribution in [0.2, 0.25) is 0 Å². The quantitative estimate of drug-likeness (QED) is 0.424. The number of likely N-dealkylation sites (tertiary alicyclic amines) is 1. The predicted molar refractivity (Wildman–Crippen MR) is 157 cm³/mol. The molecule has 0 atom stereocenters. The van der Waals surface area contributed by atoms with Crippen molar-refractivity contribution in [3.05, 3.63) is 42.1 Å². The summed E-state index contributed by atoms with van der Waals surface area (Å²) in [4.78, 5) is 39.5. The molecule has 0 radical (unpaired) electrons. The fraction of sp³-hybridized carbons (Fsp3) is 0.613. The molecule has 1 spiro atoms. The molecule has 0 unspecified atom stereocenters. The number of benzene rings is 1. The van der Waals surface area contributed by atoms with Gasteiger partial charge in [-0.15, -0.1) is 0 Å². The molecule has 1 aliphatic carbocycles. The number of nitrogens with zero attached hydrogens (tertiary/aromatic N) is 5. The van der Waals surface area contributed by atoms with Crippen molar-refractivity contribution in [3.63, 3.8) is 0 Å². The van der Waals surface area contributed by atoms with E-state index in [1.807, 2.05) is 27.7 Å². The highest BCUT2D eigenvalue weighted by Crippen LogP contribution is 2.44. The van der Waals surface area contributed by atoms with Crippen LogP contribution in [0.15, 0.2) is 30.7 Å². The second-order valence-corrected chi connectivity index (χ2v) is 12.8. The molecule has 2 aliphatic heterocycles. The van der Waals surface area contributed by atoms with E-state index >= 15 is 0 Å². The van der Waals surface area contributed by atoms with Crippen LogP contribution in [-0.4, -0.2) is 82.7 Å². The van der Waals surface area contributed by atoms with Gasteiger partial charge in [0.2, 0.25) is 0 Å². The molecule has 1 aromatic heterocycles. The average molecular weight is 583 g/mol. The Balaban J connectivity index is 1.16. The number of ether oxygens (including phenoxy) is 2. The topological polar surface area (TPSA) is 114 Å². The van der Waals surface area contributed by atoms with Crippen LogP contribution >= 0.6 is 0 Å². The third-order valence-electron chi connectivity index (χ3n) is 8.80. The van der Waals surface area contributed by atoms with E-state index < -0.39 is 11.9 Å². The van der Waals surface area contributed by atoms with E-state index in [1.54, 1.807) is 11.1 Å². The lowest BCUT2D eigenvalue weighted by Gasteiger charge is -2.61. The maximum absolute atomic E-state index is 14.3. The smallest absolute Gasteiger partial charge is 0.404 e. The van der Waals surface area contributed by atoms with Crippen molar-refractivity contribution in [2.24, 2.45) is 17.1 Å². The molecule has 0 bridgehead atoms. The molecule has 2 amide bonds. The van der Waals surface area contributed by atoms with Gasteiger partial charge in [-0.25, -0.2) is 19.2 Å². The Morgan fingerprint density at radius 3 is 2.40 bits per heavy atom. The van der Waals surface area contributed by atoms with Crippen LogP contribution in [0.4, 0.5) is 15.0 Å². The normalized spacial score (nSPS) is 21.6. The number of hydrogen-bond acceptors (Lipinski definition) is 8. The van der Waals surface area contributed by atoms with Crippen LogP contribution in [0, 0.1) is 17.2 Å². The lowest BCUT2D eigenvalue weighted by atomic mass is 9.72. The monoisotopic (exact) mass is 582 g/mol. The largest absolute Gasteiger partial charge is 0.451 e. The molecule has 10 nitrogen and oxygen atoms in total. The zero-order valence-corrected chi connectivity index (χ0v) is 25.1. The summed E-state index contributed by atoms with van der Waals surface area (Å²) < 4.78 is 25.7. The van der Waals surface area contributed by atoms with Crippen LogP contribution in [-0.2, 0) is 4.74 Å². The Labute approximate surface area is 247 Å². The Morgan fingerprint density at radius 2 is 1.76 bits per heavy atom. The molecule has 5 rings (SSSR count). The van der Waals surface area contributed by atoms with Gasteiger partial charge in [0.15, 0.2) is 11.6 Å². The molecule has 3 aliphatic rings. The number of hydrogen-bond donors (Lipinski definition) is 1. The van der Waals surface area contributed by atoms with E-state index in [-0.39, 0.29) is 40.8 Å². The molecule has 2 aromatic rings. The van der Waals surface area contributed by atoms with Crippen molar-refractivity contribution in [1.82, 2.24) is 19.8 Å². The summed E-state index contributed by atoms with van der Waals surface area (Å²) in [6, 6.07) is 3.92. The second-order valence-electron chi connectivity index (χ2n) is 12.8. The molecular weight excluding hydrogens is 539 g/mol. The first-order valence-electron chi connectivity index (χ1n) is 15.1. The van der Waals surface area contributed by atoms with Crippen molar-refractivity contribution >= 4 is 17.8 Å². The first-order chi connectivity index (χ1) is 20.0. The van der Waals surface area contributed by atoms with E-state index in [0.717, 1.165) is 64.8 Å². The number of carbonyl (C=O) groups excluding carboxylic acids is 2. The molecule has 1 saturated carbocycles. The highest BCUT2D eigenvalue weighted by atomic mass is 19.1. The van der Waals surface area contributed by atoms with Gasteiger partial charge in [-0.1, -0.05) is 0 Å². The minimum absolute atomic E-state index is 0.0208. The van der Waals surface area contributed by atoms with Gasteiger partial charge in [-0.2, -0.15) is 0 Å². The Hall–Kier alpha value is -3.47. The van der Waals surface area contributed by atoms with Gasteiger partial charge in [-0.05, 0) is 90.5 Å². The van der Waals surface area contributed by atoms with E-state index in [2.05, 4.69) is 19.8 Å². The summed E-state index contributed by atoms with van der Waals surface area (Å²) in [7, 11) is 0. The fourth-order valence-corrected chi connectivity index (χ4v) is 6.94. The number of amides is 2. The molecule has 228 valence electrons. The van der Waals surface area contributed by atoms with Crippen molar-refractivity contribution in [1.29, 1.82) is 0 Å². The molecule has 3 fully saturated rings. The van der Waals surface area contributed by atoms with E-state index in [0.29, 0.717) is 17.5 Å². The SMILES string of the molecule is CC(C)N(C(=O)c1cc(F)ccc1Oc1cncnc1N1CC2(CN(CCC3CCC(OC(N)=O)CC3)C2)C1)C(C)C. The fourth-order valence-electron chi connectivity index (χ4n) is 6.94. The lowest BCUT2D eigenvalue weighted by Crippen LogP contribution is -2.72. The molecule has 2 saturated heterocycles. The van der Waals surface area contributed by atoms with Crippen molar-refractivity contribution in [3.8, 4) is 11.5 Å². The summed E-state index contributed by atoms with van der Waals surface area (Å²) >= 11 is 0. The predicted octanol–water partition coefficient (Wildman–Crippen LogP) is 4.83. The lowest BCUT2D eigenvalue weighted by molar-refractivity contribution is -0.0268. The van der Waals surface area contributed by atoms with Gasteiger partial charge < -0.3 is 29.9 Å². The number of nitrogens with two attached hydrogens (primary N) is 1. The third kappa shape index (κ3) is 6.61. The van der Waals surface area contributed by atoms with E-state index in [1.165, 1.54) is 24.5 Å². The first kappa shape index (κ1) is 30.0. The molecule has 2 N–H and O–H groups in total. The summed E-state index contributed by atoms with van der Waals surface area (Å²) in [5.74, 6) is 1.30. The number of aromatic nitrogens is 2. The summed E-state index contributed by atoms with van der Waals surface area (Å²) in [6.07, 6.45) is 7.53. The van der Waals surface area contributed by atoms with E-state index in [9.17, 15) is 14.0 Å². The molecule has 3 heterocycles. The second kappa shape index (κ2) is 12.4. The van der Waals surface area contributed by atoms with Crippen LogP contribution in [0.3, 0.4) is 0 Å². The number of primary amides is 1. The highest BCUT2D eigenvalue weighted by Gasteiger charge is 2.52. The number of carbonyl (C=O) groups is 2. The van der Waals surface area contributed by atoms with Crippen molar-refractivity contribution in [2.45, 2.75) is 78.0 Å². The first-order valence-corrected chi connectivity index (χ1v) is 15.1. The minimum Gasteiger partial charge on any atom is -0.451 e. The Kier molecular flexibility index (Phi) is 8.86. The zero-order valence-electron chi connectivity index (χ0n) is 25.1. The summed E-state index contributed by atoms with van der Waals surface area (Å²) in [5, 5.41) is 0. The minimum atomic E-state index is -0.672. The van der Waals surface area contributed by atoms with Crippen molar-refractivity contribution in [2.75, 3.05) is 37.6 Å². The molecule has 1 aromatic carbocycles. The standard InChI is InChI=1S/C31H43FN6O4/c1-20(2)38(21(3)4)29(39)25-13-23(32)7-10-26(25)42-27-14-34-19-35-28(27)37-17-31(18-37)15-36(16-31)12-11-22-5-8-24(9-6-22)41-30(33)40/h7,10,13-14,19-22,24H,5-6,8-9,11-12,15-18H2,1-4H3,(H2,33,40). The van der Waals surface area contributed by atoms with Crippen LogP contribution in [0.5, 0.6) is 11.5 Å². The number of halogens is 1. The maximum Gasteiger partial charge on any atom is 0.404 e. The van der Waals surface area contributed by atoms with Gasteiger partial charge >= 0.3 is 6.09 Å². The summed E-state index contributed by atoms with van der Waals surface area (Å²) in [5.41, 5.74) is 5.58. The van der Waals surface area contributed by atoms with Crippen LogP contribution in [0.1, 0.15) is 70.2 Å². The average Bonchev–Trinajstić information content (AvgIpc) is 2.88. The molecular formula is C31H43FN6O4.